The third-order valence-corrected chi connectivity index (χ3v) is 6.47. The molecular weight excluding hydrogens is 400 g/mol. The highest BCUT2D eigenvalue weighted by Crippen LogP contribution is 2.34. The number of aromatic nitrogens is 1. The summed E-state index contributed by atoms with van der Waals surface area (Å²) in [6.07, 6.45) is 2.05. The number of ether oxygens (including phenoxy) is 2. The van der Waals surface area contributed by atoms with E-state index in [-0.39, 0.29) is 6.03 Å². The molecule has 1 saturated heterocycles. The van der Waals surface area contributed by atoms with E-state index in [1.807, 2.05) is 18.2 Å². The van der Waals surface area contributed by atoms with Gasteiger partial charge >= 0.3 is 6.03 Å². The Labute approximate surface area is 180 Å². The Bertz CT molecular complexity index is 982. The fraction of sp³-hybridized carbons (Fsp3) is 0.364. The molecule has 0 radical (unpaired) electrons. The number of para-hydroxylation sites is 2. The number of nitrogens with one attached hydrogen (secondary N) is 2. The van der Waals surface area contributed by atoms with Crippen LogP contribution >= 0.6 is 11.3 Å². The van der Waals surface area contributed by atoms with Crippen molar-refractivity contribution >= 4 is 38.4 Å². The average molecular weight is 427 g/mol. The molecule has 1 fully saturated rings. The Morgan fingerprint density at radius 3 is 2.67 bits per heavy atom. The zero-order chi connectivity index (χ0) is 20.9. The van der Waals surface area contributed by atoms with Crippen LogP contribution in [0.3, 0.4) is 0 Å². The van der Waals surface area contributed by atoms with Gasteiger partial charge in [-0.2, -0.15) is 0 Å². The summed E-state index contributed by atoms with van der Waals surface area (Å²) in [5.41, 5.74) is 1.64. The van der Waals surface area contributed by atoms with Crippen molar-refractivity contribution in [3.63, 3.8) is 0 Å². The molecule has 2 N–H and O–H groups in total. The van der Waals surface area contributed by atoms with Gasteiger partial charge in [0.1, 0.15) is 0 Å². The topological polar surface area (TPSA) is 75.7 Å². The van der Waals surface area contributed by atoms with E-state index in [0.717, 1.165) is 36.6 Å². The Hall–Kier alpha value is -3.00. The lowest BCUT2D eigenvalue weighted by atomic mass is 9.97. The number of amides is 2. The number of nitrogens with zero attached hydrogens (tertiary/aromatic N) is 2. The number of anilines is 2. The van der Waals surface area contributed by atoms with Crippen LogP contribution in [-0.2, 0) is 0 Å². The van der Waals surface area contributed by atoms with Crippen LogP contribution in [0.25, 0.3) is 10.2 Å². The van der Waals surface area contributed by atoms with E-state index in [1.54, 1.807) is 37.7 Å². The van der Waals surface area contributed by atoms with E-state index in [9.17, 15) is 4.79 Å². The number of hydrogen-bond acceptors (Lipinski definition) is 6. The molecule has 2 amide bonds. The van der Waals surface area contributed by atoms with Gasteiger partial charge in [0, 0.05) is 19.6 Å². The largest absolute Gasteiger partial charge is 0.493 e. The van der Waals surface area contributed by atoms with E-state index in [1.165, 1.54) is 4.70 Å². The van der Waals surface area contributed by atoms with Crippen LogP contribution in [0.15, 0.2) is 42.5 Å². The number of piperidine rings is 1. The maximum absolute atomic E-state index is 12.4. The highest BCUT2D eigenvalue weighted by Gasteiger charge is 2.22. The molecule has 1 aliphatic heterocycles. The number of rotatable bonds is 6. The number of carbonyl (C=O) groups excluding carboxylic acids is 1. The van der Waals surface area contributed by atoms with E-state index < -0.39 is 0 Å². The fourth-order valence-corrected chi connectivity index (χ4v) is 4.73. The molecule has 4 rings (SSSR count). The smallest absolute Gasteiger partial charge is 0.319 e. The van der Waals surface area contributed by atoms with E-state index >= 15 is 0 Å². The molecule has 7 nitrogen and oxygen atoms in total. The van der Waals surface area contributed by atoms with Gasteiger partial charge in [0.05, 0.1) is 30.1 Å². The first kappa shape index (κ1) is 20.3. The van der Waals surface area contributed by atoms with Crippen molar-refractivity contribution in [3.8, 4) is 11.5 Å². The molecule has 8 heteroatoms. The van der Waals surface area contributed by atoms with Crippen molar-refractivity contribution in [2.75, 3.05) is 44.1 Å². The number of thiazole rings is 1. The van der Waals surface area contributed by atoms with Crippen LogP contribution in [0.5, 0.6) is 11.5 Å². The SMILES string of the molecule is COc1cccc(NC(=O)NCC2CCN(c3nc4ccccc4s3)CC2)c1OC. The zero-order valence-electron chi connectivity index (χ0n) is 17.2. The van der Waals surface area contributed by atoms with E-state index in [0.29, 0.717) is 29.6 Å². The van der Waals surface area contributed by atoms with Gasteiger partial charge in [-0.05, 0) is 43.0 Å². The number of carbonyl (C=O) groups is 1. The lowest BCUT2D eigenvalue weighted by Gasteiger charge is -2.31. The number of fused-ring (bicyclic) bond motifs is 1. The van der Waals surface area contributed by atoms with Crippen LogP contribution in [-0.4, -0.2) is 44.9 Å². The summed E-state index contributed by atoms with van der Waals surface area (Å²) in [4.78, 5) is 19.5. The first-order chi connectivity index (χ1) is 14.7. The maximum atomic E-state index is 12.4. The Balaban J connectivity index is 1.27. The standard InChI is InChI=1S/C22H26N4O3S/c1-28-18-8-5-7-17(20(18)29-2)24-21(27)23-14-15-10-12-26(13-11-15)22-25-16-6-3-4-9-19(16)30-22/h3-9,15H,10-14H2,1-2H3,(H2,23,24,27). The monoisotopic (exact) mass is 426 g/mol. The zero-order valence-corrected chi connectivity index (χ0v) is 18.0. The van der Waals surface area contributed by atoms with Crippen LogP contribution in [0.1, 0.15) is 12.8 Å². The molecule has 0 saturated carbocycles. The molecule has 0 bridgehead atoms. The molecule has 1 aromatic heterocycles. The third-order valence-electron chi connectivity index (χ3n) is 5.37. The van der Waals surface area contributed by atoms with Crippen molar-refractivity contribution < 1.29 is 14.3 Å². The molecule has 1 aliphatic rings. The minimum atomic E-state index is -0.241. The summed E-state index contributed by atoms with van der Waals surface area (Å²) >= 11 is 1.74. The van der Waals surface area contributed by atoms with Crippen LogP contribution in [0.4, 0.5) is 15.6 Å². The number of benzene rings is 2. The lowest BCUT2D eigenvalue weighted by molar-refractivity contribution is 0.248. The predicted molar refractivity (Wildman–Crippen MR) is 121 cm³/mol. The Morgan fingerprint density at radius 2 is 1.93 bits per heavy atom. The second-order valence-corrected chi connectivity index (χ2v) is 8.28. The van der Waals surface area contributed by atoms with Crippen molar-refractivity contribution in [1.82, 2.24) is 10.3 Å². The highest BCUT2D eigenvalue weighted by atomic mass is 32.1. The molecule has 30 heavy (non-hydrogen) atoms. The molecule has 2 heterocycles. The second kappa shape index (κ2) is 9.21. The Morgan fingerprint density at radius 1 is 1.13 bits per heavy atom. The third kappa shape index (κ3) is 4.43. The molecular formula is C22H26N4O3S. The van der Waals surface area contributed by atoms with E-state index in [4.69, 9.17) is 14.5 Å². The van der Waals surface area contributed by atoms with Gasteiger partial charge in [0.2, 0.25) is 0 Å². The lowest BCUT2D eigenvalue weighted by Crippen LogP contribution is -2.39. The van der Waals surface area contributed by atoms with Gasteiger partial charge in [-0.3, -0.25) is 0 Å². The minimum absolute atomic E-state index is 0.241. The van der Waals surface area contributed by atoms with Crippen LogP contribution in [0, 0.1) is 5.92 Å². The molecule has 158 valence electrons. The average Bonchev–Trinajstić information content (AvgIpc) is 3.22. The van der Waals surface area contributed by atoms with Crippen molar-refractivity contribution in [3.05, 3.63) is 42.5 Å². The summed E-state index contributed by atoms with van der Waals surface area (Å²) in [5.74, 6) is 1.55. The normalized spacial score (nSPS) is 14.5. The predicted octanol–water partition coefficient (Wildman–Crippen LogP) is 4.35. The summed E-state index contributed by atoms with van der Waals surface area (Å²) < 4.78 is 11.9. The summed E-state index contributed by atoms with van der Waals surface area (Å²) in [6, 6.07) is 13.4. The first-order valence-electron chi connectivity index (χ1n) is 10.0. The van der Waals surface area contributed by atoms with Gasteiger partial charge in [0.15, 0.2) is 16.6 Å². The van der Waals surface area contributed by atoms with Crippen molar-refractivity contribution in [1.29, 1.82) is 0 Å². The van der Waals surface area contributed by atoms with Crippen LogP contribution in [0.2, 0.25) is 0 Å². The molecule has 0 atom stereocenters. The number of urea groups is 1. The van der Waals surface area contributed by atoms with Gasteiger partial charge in [-0.1, -0.05) is 29.5 Å². The van der Waals surface area contributed by atoms with Crippen molar-refractivity contribution in [2.45, 2.75) is 12.8 Å². The maximum Gasteiger partial charge on any atom is 0.319 e. The van der Waals surface area contributed by atoms with Crippen molar-refractivity contribution in [2.24, 2.45) is 5.92 Å². The van der Waals surface area contributed by atoms with Gasteiger partial charge in [-0.25, -0.2) is 9.78 Å². The van der Waals surface area contributed by atoms with Gasteiger partial charge in [-0.15, -0.1) is 0 Å². The summed E-state index contributed by atoms with van der Waals surface area (Å²) in [7, 11) is 3.13. The fourth-order valence-electron chi connectivity index (χ4n) is 3.71. The quantitative estimate of drug-likeness (QED) is 0.613. The van der Waals surface area contributed by atoms with E-state index in [2.05, 4.69) is 27.7 Å². The molecule has 0 unspecified atom stereocenters. The summed E-state index contributed by atoms with van der Waals surface area (Å²) in [5, 5.41) is 6.93. The summed E-state index contributed by atoms with van der Waals surface area (Å²) in [6.45, 7) is 2.56. The number of methoxy groups -OCH3 is 2. The highest BCUT2D eigenvalue weighted by molar-refractivity contribution is 7.22. The minimum Gasteiger partial charge on any atom is -0.493 e. The van der Waals surface area contributed by atoms with Crippen LogP contribution < -0.4 is 25.0 Å². The molecule has 0 spiro atoms. The first-order valence-corrected chi connectivity index (χ1v) is 10.9. The second-order valence-electron chi connectivity index (χ2n) is 7.27. The Kier molecular flexibility index (Phi) is 6.23. The van der Waals surface area contributed by atoms with Gasteiger partial charge < -0.3 is 25.0 Å². The molecule has 3 aromatic rings. The molecule has 2 aromatic carbocycles. The number of hydrogen-bond donors (Lipinski definition) is 2. The van der Waals surface area contributed by atoms with Gasteiger partial charge in [0.25, 0.3) is 0 Å². The molecule has 0 aliphatic carbocycles.